The summed E-state index contributed by atoms with van der Waals surface area (Å²) in [5.41, 5.74) is 1.01. The number of imidazole rings is 1. The molecule has 0 saturated carbocycles. The van der Waals surface area contributed by atoms with E-state index in [0.29, 0.717) is 0 Å². The molecular formula is C15H20FN3O. The van der Waals surface area contributed by atoms with Crippen LogP contribution in [0.4, 0.5) is 4.39 Å². The van der Waals surface area contributed by atoms with Gasteiger partial charge in [0.25, 0.3) is 0 Å². The summed E-state index contributed by atoms with van der Waals surface area (Å²) in [5, 5.41) is 3.26. The molecule has 0 fully saturated rings. The molecule has 20 heavy (non-hydrogen) atoms. The van der Waals surface area contributed by atoms with Crippen molar-refractivity contribution in [3.8, 4) is 5.75 Å². The van der Waals surface area contributed by atoms with Crippen LogP contribution in [0, 0.1) is 5.82 Å². The van der Waals surface area contributed by atoms with Crippen molar-refractivity contribution in [2.75, 3.05) is 14.2 Å². The molecule has 1 heterocycles. The quantitative estimate of drug-likeness (QED) is 0.881. The highest BCUT2D eigenvalue weighted by Gasteiger charge is 2.13. The number of ether oxygens (including phenoxy) is 1. The minimum Gasteiger partial charge on any atom is -0.494 e. The van der Waals surface area contributed by atoms with Crippen LogP contribution < -0.4 is 10.1 Å². The van der Waals surface area contributed by atoms with E-state index in [2.05, 4.69) is 10.3 Å². The van der Waals surface area contributed by atoms with Gasteiger partial charge in [-0.25, -0.2) is 9.37 Å². The van der Waals surface area contributed by atoms with E-state index < -0.39 is 0 Å². The van der Waals surface area contributed by atoms with Crippen molar-refractivity contribution in [3.63, 3.8) is 0 Å². The second-order valence-electron chi connectivity index (χ2n) is 4.73. The number of halogens is 1. The summed E-state index contributed by atoms with van der Waals surface area (Å²) in [5.74, 6) is 0.981. The van der Waals surface area contributed by atoms with Gasteiger partial charge in [-0.3, -0.25) is 0 Å². The molecule has 0 aliphatic rings. The molecule has 0 saturated heterocycles. The van der Waals surface area contributed by atoms with Crippen molar-refractivity contribution in [1.82, 2.24) is 14.9 Å². The molecule has 1 aromatic heterocycles. The van der Waals surface area contributed by atoms with E-state index in [9.17, 15) is 4.39 Å². The van der Waals surface area contributed by atoms with Crippen molar-refractivity contribution >= 4 is 0 Å². The molecule has 0 aliphatic heterocycles. The first kappa shape index (κ1) is 14.5. The fraction of sp³-hybridized carbons (Fsp3) is 0.400. The van der Waals surface area contributed by atoms with Crippen LogP contribution in [0.25, 0.3) is 0 Å². The largest absolute Gasteiger partial charge is 0.494 e. The average Bonchev–Trinajstić information content (AvgIpc) is 2.86. The fourth-order valence-electron chi connectivity index (χ4n) is 2.28. The molecule has 0 spiro atoms. The molecule has 5 heteroatoms. The lowest BCUT2D eigenvalue weighted by Gasteiger charge is -2.17. The molecule has 0 amide bonds. The Morgan fingerprint density at radius 2 is 2.25 bits per heavy atom. The first-order valence-corrected chi connectivity index (χ1v) is 6.62. The lowest BCUT2D eigenvalue weighted by atomic mass is 10.0. The van der Waals surface area contributed by atoms with Gasteiger partial charge in [0.05, 0.1) is 7.11 Å². The van der Waals surface area contributed by atoms with E-state index in [-0.39, 0.29) is 17.6 Å². The Morgan fingerprint density at radius 3 is 2.85 bits per heavy atom. The summed E-state index contributed by atoms with van der Waals surface area (Å²) in [6, 6.07) is 5.12. The summed E-state index contributed by atoms with van der Waals surface area (Å²) in [7, 11) is 5.36. The van der Waals surface area contributed by atoms with E-state index in [1.54, 1.807) is 18.3 Å². The van der Waals surface area contributed by atoms with Gasteiger partial charge in [0, 0.05) is 31.9 Å². The number of methoxy groups -OCH3 is 1. The van der Waals surface area contributed by atoms with Crippen molar-refractivity contribution in [2.45, 2.75) is 18.9 Å². The first-order chi connectivity index (χ1) is 9.65. The highest BCUT2D eigenvalue weighted by Crippen LogP contribution is 2.25. The lowest BCUT2D eigenvalue weighted by Crippen LogP contribution is -2.18. The Kier molecular flexibility index (Phi) is 4.74. The van der Waals surface area contributed by atoms with Crippen LogP contribution in [-0.4, -0.2) is 23.7 Å². The molecule has 1 N–H and O–H groups in total. The van der Waals surface area contributed by atoms with E-state index in [4.69, 9.17) is 4.74 Å². The number of aryl methyl sites for hydroxylation is 2. The topological polar surface area (TPSA) is 39.1 Å². The van der Waals surface area contributed by atoms with Gasteiger partial charge >= 0.3 is 0 Å². The third-order valence-corrected chi connectivity index (χ3v) is 3.50. The van der Waals surface area contributed by atoms with Gasteiger partial charge in [0.1, 0.15) is 5.82 Å². The van der Waals surface area contributed by atoms with E-state index in [1.165, 1.54) is 13.2 Å². The van der Waals surface area contributed by atoms with E-state index in [1.807, 2.05) is 24.9 Å². The van der Waals surface area contributed by atoms with Crippen molar-refractivity contribution < 1.29 is 9.13 Å². The molecule has 2 aromatic rings. The normalized spacial score (nSPS) is 12.4. The molecule has 2 rings (SSSR count). The second kappa shape index (κ2) is 6.52. The van der Waals surface area contributed by atoms with Crippen LogP contribution in [0.1, 0.15) is 23.9 Å². The smallest absolute Gasteiger partial charge is 0.165 e. The van der Waals surface area contributed by atoms with Crippen LogP contribution in [0.15, 0.2) is 30.6 Å². The monoisotopic (exact) mass is 277 g/mol. The number of rotatable bonds is 6. The fourth-order valence-corrected chi connectivity index (χ4v) is 2.28. The number of nitrogens with one attached hydrogen (secondary N) is 1. The van der Waals surface area contributed by atoms with Gasteiger partial charge in [-0.2, -0.15) is 0 Å². The molecule has 1 atom stereocenters. The maximum Gasteiger partial charge on any atom is 0.165 e. The molecule has 0 aliphatic carbocycles. The third-order valence-electron chi connectivity index (χ3n) is 3.50. The SMILES string of the molecule is CNC(CCc1nccn1C)c1ccc(F)c(OC)c1. The Hall–Kier alpha value is -1.88. The first-order valence-electron chi connectivity index (χ1n) is 6.62. The van der Waals surface area contributed by atoms with Gasteiger partial charge in [-0.15, -0.1) is 0 Å². The number of aromatic nitrogens is 2. The van der Waals surface area contributed by atoms with Crippen molar-refractivity contribution in [2.24, 2.45) is 7.05 Å². The summed E-state index contributed by atoms with van der Waals surface area (Å²) in [4.78, 5) is 4.31. The van der Waals surface area contributed by atoms with Gasteiger partial charge in [0.2, 0.25) is 0 Å². The zero-order valence-corrected chi connectivity index (χ0v) is 12.1. The Labute approximate surface area is 118 Å². The van der Waals surface area contributed by atoms with Crippen LogP contribution >= 0.6 is 0 Å². The zero-order valence-electron chi connectivity index (χ0n) is 12.1. The van der Waals surface area contributed by atoms with Crippen molar-refractivity contribution in [1.29, 1.82) is 0 Å². The summed E-state index contributed by atoms with van der Waals surface area (Å²) < 4.78 is 20.5. The number of hydrogen-bond acceptors (Lipinski definition) is 3. The van der Waals surface area contributed by atoms with Gasteiger partial charge < -0.3 is 14.6 Å². The number of nitrogens with zero attached hydrogens (tertiary/aromatic N) is 2. The average molecular weight is 277 g/mol. The van der Waals surface area contributed by atoms with Crippen molar-refractivity contribution in [3.05, 3.63) is 47.8 Å². The highest BCUT2D eigenvalue weighted by molar-refractivity contribution is 5.32. The highest BCUT2D eigenvalue weighted by atomic mass is 19.1. The summed E-state index contributed by atoms with van der Waals surface area (Å²) in [6.45, 7) is 0. The maximum atomic E-state index is 13.4. The van der Waals surface area contributed by atoms with E-state index in [0.717, 1.165) is 24.2 Å². The van der Waals surface area contributed by atoms with Crippen LogP contribution in [0.3, 0.4) is 0 Å². The molecule has 108 valence electrons. The van der Waals surface area contributed by atoms with Gasteiger partial charge in [-0.05, 0) is 31.2 Å². The molecule has 0 radical (unpaired) electrons. The standard InChI is InChI=1S/C15H20FN3O/c1-17-13(6-7-15-18-8-9-19(15)2)11-4-5-12(16)14(10-11)20-3/h4-5,8-10,13,17H,6-7H2,1-3H3. The lowest BCUT2D eigenvalue weighted by molar-refractivity contribution is 0.384. The Morgan fingerprint density at radius 1 is 1.45 bits per heavy atom. The van der Waals surface area contributed by atoms with E-state index >= 15 is 0 Å². The number of hydrogen-bond donors (Lipinski definition) is 1. The Balaban J connectivity index is 2.10. The minimum atomic E-state index is -0.338. The predicted molar refractivity (Wildman–Crippen MR) is 76.3 cm³/mol. The van der Waals surface area contributed by atoms with Gasteiger partial charge in [0.15, 0.2) is 11.6 Å². The molecular weight excluding hydrogens is 257 g/mol. The summed E-state index contributed by atoms with van der Waals surface area (Å²) >= 11 is 0. The third kappa shape index (κ3) is 3.17. The van der Waals surface area contributed by atoms with Crippen LogP contribution in [-0.2, 0) is 13.5 Å². The molecule has 4 nitrogen and oxygen atoms in total. The number of benzene rings is 1. The maximum absolute atomic E-state index is 13.4. The Bertz CT molecular complexity index is 568. The zero-order chi connectivity index (χ0) is 14.5. The molecule has 0 bridgehead atoms. The summed E-state index contributed by atoms with van der Waals surface area (Å²) in [6.07, 6.45) is 5.47. The van der Waals surface area contributed by atoms with Gasteiger partial charge in [-0.1, -0.05) is 6.07 Å². The minimum absolute atomic E-state index is 0.140. The molecule has 1 aromatic carbocycles. The molecule has 1 unspecified atom stereocenters. The van der Waals surface area contributed by atoms with Crippen LogP contribution in [0.2, 0.25) is 0 Å². The second-order valence-corrected chi connectivity index (χ2v) is 4.73. The van der Waals surface area contributed by atoms with Crippen LogP contribution in [0.5, 0.6) is 5.75 Å². The predicted octanol–water partition coefficient (Wildman–Crippen LogP) is 2.46.